The van der Waals surface area contributed by atoms with E-state index in [9.17, 15) is 5.11 Å². The van der Waals surface area contributed by atoms with Crippen LogP contribution < -0.4 is 5.32 Å². The Morgan fingerprint density at radius 2 is 2.36 bits per heavy atom. The summed E-state index contributed by atoms with van der Waals surface area (Å²) in [5.41, 5.74) is 0. The minimum absolute atomic E-state index is 0.135. The quantitative estimate of drug-likeness (QED) is 0.799. The molecule has 1 aliphatic carbocycles. The van der Waals surface area contributed by atoms with Crippen LogP contribution in [0.5, 0.6) is 0 Å². The molecule has 0 aliphatic heterocycles. The molecule has 1 fully saturated rings. The van der Waals surface area contributed by atoms with Crippen molar-refractivity contribution in [3.63, 3.8) is 0 Å². The second-order valence-corrected chi connectivity index (χ2v) is 4.52. The molecule has 2 N–H and O–H groups in total. The fourth-order valence-electron chi connectivity index (χ4n) is 1.90. The molecule has 1 saturated carbocycles. The highest BCUT2D eigenvalue weighted by Gasteiger charge is 2.22. The van der Waals surface area contributed by atoms with E-state index in [0.717, 1.165) is 30.9 Å². The lowest BCUT2D eigenvalue weighted by molar-refractivity contribution is 0.0763. The number of anilines is 1. The highest BCUT2D eigenvalue weighted by Crippen LogP contribution is 2.24. The topological polar surface area (TPSA) is 58.0 Å². The summed E-state index contributed by atoms with van der Waals surface area (Å²) in [5, 5.41) is 13.8. The molecule has 0 amide bonds. The van der Waals surface area contributed by atoms with E-state index in [0.29, 0.717) is 5.92 Å². The maximum absolute atomic E-state index is 9.72. The standard InChI is InChI=1S/C9H15N3OS/c13-8-4-2-1-3-7(8)5-10-9-11-6-12-14-9/h6-8,13H,1-5H2,(H,10,11,12). The van der Waals surface area contributed by atoms with E-state index in [1.807, 2.05) is 0 Å². The Hall–Kier alpha value is -0.680. The Labute approximate surface area is 87.5 Å². The van der Waals surface area contributed by atoms with Gasteiger partial charge in [-0.2, -0.15) is 4.37 Å². The molecular formula is C9H15N3OS. The van der Waals surface area contributed by atoms with Crippen molar-refractivity contribution in [3.05, 3.63) is 6.33 Å². The minimum Gasteiger partial charge on any atom is -0.393 e. The number of rotatable bonds is 3. The van der Waals surface area contributed by atoms with Gasteiger partial charge in [0, 0.05) is 24.0 Å². The van der Waals surface area contributed by atoms with Crippen LogP contribution in [-0.2, 0) is 0 Å². The molecule has 4 nitrogen and oxygen atoms in total. The van der Waals surface area contributed by atoms with Gasteiger partial charge in [-0.1, -0.05) is 12.8 Å². The van der Waals surface area contributed by atoms with Crippen molar-refractivity contribution in [3.8, 4) is 0 Å². The van der Waals surface area contributed by atoms with E-state index in [2.05, 4.69) is 14.7 Å². The maximum atomic E-state index is 9.72. The number of nitrogens with zero attached hydrogens (tertiary/aromatic N) is 2. The van der Waals surface area contributed by atoms with Crippen LogP contribution in [0.4, 0.5) is 5.13 Å². The molecule has 5 heteroatoms. The van der Waals surface area contributed by atoms with Crippen LogP contribution in [0.15, 0.2) is 6.33 Å². The Bertz CT molecular complexity index is 265. The van der Waals surface area contributed by atoms with Gasteiger partial charge in [0.05, 0.1) is 6.10 Å². The zero-order valence-corrected chi connectivity index (χ0v) is 8.83. The summed E-state index contributed by atoms with van der Waals surface area (Å²) in [5.74, 6) is 0.382. The average Bonchev–Trinajstić information content (AvgIpc) is 2.69. The van der Waals surface area contributed by atoms with Gasteiger partial charge in [-0.15, -0.1) is 0 Å². The SMILES string of the molecule is OC1CCCCC1CNc1ncns1. The molecule has 2 atom stereocenters. The number of aliphatic hydroxyl groups is 1. The molecule has 14 heavy (non-hydrogen) atoms. The van der Waals surface area contributed by atoms with Gasteiger partial charge in [0.15, 0.2) is 0 Å². The maximum Gasteiger partial charge on any atom is 0.202 e. The first-order valence-electron chi connectivity index (χ1n) is 5.05. The fourth-order valence-corrected chi connectivity index (χ4v) is 2.33. The summed E-state index contributed by atoms with van der Waals surface area (Å²) in [6.45, 7) is 0.816. The minimum atomic E-state index is -0.135. The third-order valence-corrected chi connectivity index (χ3v) is 3.37. The summed E-state index contributed by atoms with van der Waals surface area (Å²) in [4.78, 5) is 4.04. The van der Waals surface area contributed by atoms with Crippen LogP contribution in [0, 0.1) is 5.92 Å². The van der Waals surface area contributed by atoms with Crippen molar-refractivity contribution in [1.82, 2.24) is 9.36 Å². The Kier molecular flexibility index (Phi) is 3.31. The second-order valence-electron chi connectivity index (χ2n) is 3.74. The lowest BCUT2D eigenvalue weighted by Crippen LogP contribution is -2.30. The summed E-state index contributed by atoms with van der Waals surface area (Å²) in [6, 6.07) is 0. The first-order valence-corrected chi connectivity index (χ1v) is 5.82. The summed E-state index contributed by atoms with van der Waals surface area (Å²) in [6.07, 6.45) is 5.87. The zero-order chi connectivity index (χ0) is 9.80. The van der Waals surface area contributed by atoms with E-state index in [4.69, 9.17) is 0 Å². The van der Waals surface area contributed by atoms with E-state index in [1.54, 1.807) is 6.33 Å². The van der Waals surface area contributed by atoms with Crippen LogP contribution >= 0.6 is 11.5 Å². The number of nitrogens with one attached hydrogen (secondary N) is 1. The molecule has 1 aromatic heterocycles. The first-order chi connectivity index (χ1) is 6.86. The molecule has 0 aromatic carbocycles. The Morgan fingerprint density at radius 1 is 1.50 bits per heavy atom. The molecule has 1 aliphatic rings. The predicted molar refractivity (Wildman–Crippen MR) is 56.4 cm³/mol. The lowest BCUT2D eigenvalue weighted by atomic mass is 9.86. The highest BCUT2D eigenvalue weighted by molar-refractivity contribution is 7.09. The third kappa shape index (κ3) is 2.42. The Morgan fingerprint density at radius 3 is 3.07 bits per heavy atom. The molecule has 2 rings (SSSR count). The number of hydrogen-bond donors (Lipinski definition) is 2. The summed E-state index contributed by atoms with van der Waals surface area (Å²) in [7, 11) is 0. The molecule has 0 bridgehead atoms. The van der Waals surface area contributed by atoms with Gasteiger partial charge in [0.1, 0.15) is 6.33 Å². The van der Waals surface area contributed by atoms with E-state index in [-0.39, 0.29) is 6.10 Å². The van der Waals surface area contributed by atoms with Gasteiger partial charge < -0.3 is 10.4 Å². The van der Waals surface area contributed by atoms with E-state index < -0.39 is 0 Å². The van der Waals surface area contributed by atoms with Crippen LogP contribution in [-0.4, -0.2) is 27.1 Å². The van der Waals surface area contributed by atoms with Crippen molar-refractivity contribution in [2.24, 2.45) is 5.92 Å². The molecule has 2 unspecified atom stereocenters. The normalized spacial score (nSPS) is 27.5. The molecule has 78 valence electrons. The highest BCUT2D eigenvalue weighted by atomic mass is 32.1. The fraction of sp³-hybridized carbons (Fsp3) is 0.778. The van der Waals surface area contributed by atoms with Crippen molar-refractivity contribution in [2.45, 2.75) is 31.8 Å². The molecule has 1 aromatic rings. The van der Waals surface area contributed by atoms with E-state index >= 15 is 0 Å². The molecule has 0 radical (unpaired) electrons. The Balaban J connectivity index is 1.79. The largest absolute Gasteiger partial charge is 0.393 e. The van der Waals surface area contributed by atoms with Crippen molar-refractivity contribution >= 4 is 16.7 Å². The predicted octanol–water partition coefficient (Wildman–Crippen LogP) is 1.50. The smallest absolute Gasteiger partial charge is 0.202 e. The van der Waals surface area contributed by atoms with Crippen molar-refractivity contribution < 1.29 is 5.11 Å². The molecule has 1 heterocycles. The van der Waals surface area contributed by atoms with E-state index in [1.165, 1.54) is 18.0 Å². The molecular weight excluding hydrogens is 198 g/mol. The summed E-state index contributed by atoms with van der Waals surface area (Å²) < 4.78 is 3.91. The molecule has 0 spiro atoms. The van der Waals surface area contributed by atoms with Gasteiger partial charge in [0.25, 0.3) is 0 Å². The van der Waals surface area contributed by atoms with Crippen LogP contribution in [0.25, 0.3) is 0 Å². The monoisotopic (exact) mass is 213 g/mol. The van der Waals surface area contributed by atoms with Crippen LogP contribution in [0.2, 0.25) is 0 Å². The van der Waals surface area contributed by atoms with Gasteiger partial charge in [-0.05, 0) is 12.8 Å². The van der Waals surface area contributed by atoms with Gasteiger partial charge in [-0.3, -0.25) is 0 Å². The number of hydrogen-bond acceptors (Lipinski definition) is 5. The number of aromatic nitrogens is 2. The third-order valence-electron chi connectivity index (χ3n) is 2.75. The van der Waals surface area contributed by atoms with Crippen molar-refractivity contribution in [1.29, 1.82) is 0 Å². The van der Waals surface area contributed by atoms with Crippen molar-refractivity contribution in [2.75, 3.05) is 11.9 Å². The van der Waals surface area contributed by atoms with Gasteiger partial charge in [-0.25, -0.2) is 4.98 Å². The first kappa shape index (κ1) is 9.86. The van der Waals surface area contributed by atoms with Gasteiger partial charge in [0.2, 0.25) is 5.13 Å². The summed E-state index contributed by atoms with van der Waals surface area (Å²) >= 11 is 1.36. The lowest BCUT2D eigenvalue weighted by Gasteiger charge is -2.27. The number of aliphatic hydroxyl groups excluding tert-OH is 1. The average molecular weight is 213 g/mol. The molecule has 0 saturated heterocycles. The van der Waals surface area contributed by atoms with Gasteiger partial charge >= 0.3 is 0 Å². The second kappa shape index (κ2) is 4.70. The van der Waals surface area contributed by atoms with Crippen LogP contribution in [0.3, 0.4) is 0 Å². The van der Waals surface area contributed by atoms with Crippen LogP contribution in [0.1, 0.15) is 25.7 Å². The zero-order valence-electron chi connectivity index (χ0n) is 8.02.